The van der Waals surface area contributed by atoms with E-state index in [2.05, 4.69) is 20.4 Å². The predicted octanol–water partition coefficient (Wildman–Crippen LogP) is 2.89. The number of amides is 1. The van der Waals surface area contributed by atoms with E-state index < -0.39 is 5.91 Å². The van der Waals surface area contributed by atoms with Gasteiger partial charge in [0.25, 0.3) is 0 Å². The number of nitrogens with zero attached hydrogens (tertiary/aromatic N) is 4. The van der Waals surface area contributed by atoms with Gasteiger partial charge in [-0.1, -0.05) is 11.2 Å². The number of aromatic nitrogens is 4. The monoisotopic (exact) mass is 359 g/mol. The summed E-state index contributed by atoms with van der Waals surface area (Å²) in [4.78, 5) is 20.6. The number of benzene rings is 1. The van der Waals surface area contributed by atoms with Crippen LogP contribution in [-0.2, 0) is 6.42 Å². The minimum atomic E-state index is -0.395. The SMILES string of the molecule is O=C(NCCc1ccccn1)c1nc(-c2ccc(-n3cccc3)cc2)no1. The minimum absolute atomic E-state index is 0.0551. The van der Waals surface area contributed by atoms with Crippen molar-refractivity contribution in [2.24, 2.45) is 0 Å². The second-order valence-electron chi connectivity index (χ2n) is 5.89. The summed E-state index contributed by atoms with van der Waals surface area (Å²) in [5.41, 5.74) is 2.72. The molecule has 0 spiro atoms. The first-order valence-corrected chi connectivity index (χ1v) is 8.55. The van der Waals surface area contributed by atoms with Crippen molar-refractivity contribution in [3.63, 3.8) is 0 Å². The molecule has 0 saturated heterocycles. The average molecular weight is 359 g/mol. The topological polar surface area (TPSA) is 85.8 Å². The quantitative estimate of drug-likeness (QED) is 0.572. The zero-order valence-electron chi connectivity index (χ0n) is 14.4. The first-order valence-electron chi connectivity index (χ1n) is 8.55. The van der Waals surface area contributed by atoms with Gasteiger partial charge < -0.3 is 14.4 Å². The van der Waals surface area contributed by atoms with Crippen molar-refractivity contribution in [1.82, 2.24) is 25.0 Å². The van der Waals surface area contributed by atoms with E-state index in [1.807, 2.05) is 71.6 Å². The lowest BCUT2D eigenvalue weighted by Gasteiger charge is -2.03. The lowest BCUT2D eigenvalue weighted by Crippen LogP contribution is -2.26. The number of pyridine rings is 1. The maximum Gasteiger partial charge on any atom is 0.316 e. The zero-order chi connectivity index (χ0) is 18.5. The van der Waals surface area contributed by atoms with Crippen LogP contribution in [0.1, 0.15) is 16.4 Å². The predicted molar refractivity (Wildman–Crippen MR) is 99.3 cm³/mol. The number of hydrogen-bond acceptors (Lipinski definition) is 5. The number of carbonyl (C=O) groups excluding carboxylic acids is 1. The molecule has 3 heterocycles. The fraction of sp³-hybridized carbons (Fsp3) is 0.100. The molecule has 134 valence electrons. The Morgan fingerprint density at radius 1 is 1.04 bits per heavy atom. The van der Waals surface area contributed by atoms with Crippen LogP contribution in [-0.4, -0.2) is 32.1 Å². The van der Waals surface area contributed by atoms with Gasteiger partial charge in [0.15, 0.2) is 0 Å². The highest BCUT2D eigenvalue weighted by Crippen LogP contribution is 2.18. The molecule has 0 aliphatic heterocycles. The number of hydrogen-bond donors (Lipinski definition) is 1. The molecule has 0 radical (unpaired) electrons. The van der Waals surface area contributed by atoms with Gasteiger partial charge in [0, 0.05) is 48.5 Å². The van der Waals surface area contributed by atoms with Crippen LogP contribution < -0.4 is 5.32 Å². The van der Waals surface area contributed by atoms with Crippen LogP contribution in [0.2, 0.25) is 0 Å². The molecule has 1 amide bonds. The molecule has 7 heteroatoms. The van der Waals surface area contributed by atoms with E-state index in [1.165, 1.54) is 0 Å². The fourth-order valence-electron chi connectivity index (χ4n) is 2.65. The summed E-state index contributed by atoms with van der Waals surface area (Å²) in [6.45, 7) is 0.444. The molecule has 0 atom stereocenters. The Hall–Kier alpha value is -3.74. The summed E-state index contributed by atoms with van der Waals surface area (Å²) in [6, 6.07) is 17.3. The maximum atomic E-state index is 12.2. The molecule has 0 fully saturated rings. The summed E-state index contributed by atoms with van der Waals surface area (Å²) in [6.07, 6.45) is 6.30. The van der Waals surface area contributed by atoms with Crippen molar-refractivity contribution in [1.29, 1.82) is 0 Å². The Morgan fingerprint density at radius 3 is 2.59 bits per heavy atom. The third-order valence-electron chi connectivity index (χ3n) is 4.04. The van der Waals surface area contributed by atoms with E-state index in [4.69, 9.17) is 4.52 Å². The minimum Gasteiger partial charge on any atom is -0.347 e. The summed E-state index contributed by atoms with van der Waals surface area (Å²) in [7, 11) is 0. The van der Waals surface area contributed by atoms with Crippen LogP contribution >= 0.6 is 0 Å². The Balaban J connectivity index is 1.38. The van der Waals surface area contributed by atoms with Crippen molar-refractivity contribution in [3.8, 4) is 17.1 Å². The molecule has 4 aromatic rings. The maximum absolute atomic E-state index is 12.2. The molecule has 7 nitrogen and oxygen atoms in total. The zero-order valence-corrected chi connectivity index (χ0v) is 14.4. The molecule has 0 unspecified atom stereocenters. The molecule has 0 aliphatic rings. The highest BCUT2D eigenvalue weighted by atomic mass is 16.5. The molecule has 0 bridgehead atoms. The molecule has 3 aromatic heterocycles. The Labute approximate surface area is 155 Å². The Bertz CT molecular complexity index is 1010. The number of carbonyl (C=O) groups is 1. The first-order chi connectivity index (χ1) is 13.3. The van der Waals surface area contributed by atoms with Crippen LogP contribution in [0.5, 0.6) is 0 Å². The molecular formula is C20H17N5O2. The van der Waals surface area contributed by atoms with E-state index in [9.17, 15) is 4.79 Å². The first kappa shape index (κ1) is 16.7. The lowest BCUT2D eigenvalue weighted by atomic mass is 10.2. The molecule has 27 heavy (non-hydrogen) atoms. The lowest BCUT2D eigenvalue weighted by molar-refractivity contribution is 0.0910. The summed E-state index contributed by atoms with van der Waals surface area (Å²) >= 11 is 0. The standard InChI is InChI=1S/C20H17N5O2/c26-19(22-12-10-16-5-1-2-11-21-16)20-23-18(24-27-20)15-6-8-17(9-7-15)25-13-3-4-14-25/h1-9,11,13-14H,10,12H2,(H,22,26). The van der Waals surface area contributed by atoms with Crippen molar-refractivity contribution in [2.45, 2.75) is 6.42 Å². The van der Waals surface area contributed by atoms with Gasteiger partial charge in [-0.25, -0.2) is 0 Å². The summed E-state index contributed by atoms with van der Waals surface area (Å²) < 4.78 is 7.09. The van der Waals surface area contributed by atoms with Crippen LogP contribution in [0.15, 0.2) is 77.7 Å². The molecule has 1 N–H and O–H groups in total. The molecule has 0 saturated carbocycles. The van der Waals surface area contributed by atoms with Crippen molar-refractivity contribution in [3.05, 3.63) is 84.8 Å². The van der Waals surface area contributed by atoms with Gasteiger partial charge in [0.05, 0.1) is 0 Å². The highest BCUT2D eigenvalue weighted by Gasteiger charge is 2.15. The van der Waals surface area contributed by atoms with Gasteiger partial charge in [0.2, 0.25) is 5.82 Å². The normalized spacial score (nSPS) is 10.7. The van der Waals surface area contributed by atoms with E-state index >= 15 is 0 Å². The molecule has 4 rings (SSSR count). The number of nitrogens with one attached hydrogen (secondary N) is 1. The fourth-order valence-corrected chi connectivity index (χ4v) is 2.65. The summed E-state index contributed by atoms with van der Waals surface area (Å²) in [5.74, 6) is -0.0712. The third-order valence-corrected chi connectivity index (χ3v) is 4.04. The van der Waals surface area contributed by atoms with Crippen molar-refractivity contribution < 1.29 is 9.32 Å². The van der Waals surface area contributed by atoms with Crippen LogP contribution in [0, 0.1) is 0 Å². The van der Waals surface area contributed by atoms with Crippen molar-refractivity contribution >= 4 is 5.91 Å². The Morgan fingerprint density at radius 2 is 1.85 bits per heavy atom. The molecule has 1 aromatic carbocycles. The second kappa shape index (κ2) is 7.65. The van der Waals surface area contributed by atoms with Gasteiger partial charge in [-0.2, -0.15) is 4.98 Å². The van der Waals surface area contributed by atoms with Crippen LogP contribution in [0.3, 0.4) is 0 Å². The van der Waals surface area contributed by atoms with Crippen LogP contribution in [0.4, 0.5) is 0 Å². The Kier molecular flexibility index (Phi) is 4.74. The largest absolute Gasteiger partial charge is 0.347 e. The number of rotatable bonds is 6. The van der Waals surface area contributed by atoms with Gasteiger partial charge >= 0.3 is 11.8 Å². The molecular weight excluding hydrogens is 342 g/mol. The second-order valence-corrected chi connectivity index (χ2v) is 5.89. The molecule has 0 aliphatic carbocycles. The average Bonchev–Trinajstić information content (AvgIpc) is 3.41. The van der Waals surface area contributed by atoms with Gasteiger partial charge in [0.1, 0.15) is 0 Å². The van der Waals surface area contributed by atoms with Gasteiger partial charge in [-0.3, -0.25) is 9.78 Å². The van der Waals surface area contributed by atoms with E-state index in [-0.39, 0.29) is 5.89 Å². The van der Waals surface area contributed by atoms with E-state index in [0.717, 1.165) is 16.9 Å². The summed E-state index contributed by atoms with van der Waals surface area (Å²) in [5, 5.41) is 6.66. The highest BCUT2D eigenvalue weighted by molar-refractivity contribution is 5.89. The third kappa shape index (κ3) is 3.92. The van der Waals surface area contributed by atoms with E-state index in [1.54, 1.807) is 6.20 Å². The van der Waals surface area contributed by atoms with Gasteiger partial charge in [-0.15, -0.1) is 0 Å². The van der Waals surface area contributed by atoms with Crippen molar-refractivity contribution in [2.75, 3.05) is 6.54 Å². The van der Waals surface area contributed by atoms with Crippen LogP contribution in [0.25, 0.3) is 17.1 Å². The van der Waals surface area contributed by atoms with Gasteiger partial charge in [-0.05, 0) is 48.5 Å². The van der Waals surface area contributed by atoms with E-state index in [0.29, 0.717) is 18.8 Å². The smallest absolute Gasteiger partial charge is 0.316 e.